The SMILES string of the molecule is CC(NC(=O)CCn1nnc2ccccc2c1=O)c1ccc(NC(=O)c2ccc(F)cc2)cc1. The number of amides is 2. The quantitative estimate of drug-likeness (QED) is 0.440. The van der Waals surface area contributed by atoms with Crippen molar-refractivity contribution in [3.8, 4) is 0 Å². The first-order chi connectivity index (χ1) is 16.4. The van der Waals surface area contributed by atoms with Crippen molar-refractivity contribution in [3.63, 3.8) is 0 Å². The fourth-order valence-electron chi connectivity index (χ4n) is 3.43. The Kier molecular flexibility index (Phi) is 6.72. The van der Waals surface area contributed by atoms with Crippen LogP contribution in [0.15, 0.2) is 77.6 Å². The molecular formula is C25H22FN5O3. The van der Waals surface area contributed by atoms with Gasteiger partial charge in [-0.1, -0.05) is 29.5 Å². The van der Waals surface area contributed by atoms with Crippen molar-refractivity contribution in [2.24, 2.45) is 0 Å². The van der Waals surface area contributed by atoms with Gasteiger partial charge in [-0.15, -0.1) is 5.10 Å². The molecule has 0 radical (unpaired) electrons. The first kappa shape index (κ1) is 22.8. The van der Waals surface area contributed by atoms with Gasteiger partial charge in [0.2, 0.25) is 5.91 Å². The number of aryl methyl sites for hydroxylation is 1. The predicted octanol–water partition coefficient (Wildman–Crippen LogP) is 3.45. The number of nitrogens with zero attached hydrogens (tertiary/aromatic N) is 3. The van der Waals surface area contributed by atoms with E-state index in [-0.39, 0.29) is 36.4 Å². The molecule has 9 heteroatoms. The molecule has 34 heavy (non-hydrogen) atoms. The number of fused-ring (bicyclic) bond motifs is 1. The van der Waals surface area contributed by atoms with Crippen molar-refractivity contribution in [2.75, 3.05) is 5.32 Å². The zero-order valence-corrected chi connectivity index (χ0v) is 18.4. The average molecular weight is 459 g/mol. The van der Waals surface area contributed by atoms with Crippen molar-refractivity contribution in [1.29, 1.82) is 0 Å². The second-order valence-electron chi connectivity index (χ2n) is 7.76. The minimum Gasteiger partial charge on any atom is -0.350 e. The van der Waals surface area contributed by atoms with Crippen LogP contribution in [0.1, 0.15) is 35.3 Å². The first-order valence-electron chi connectivity index (χ1n) is 10.7. The van der Waals surface area contributed by atoms with E-state index in [0.717, 1.165) is 5.56 Å². The topological polar surface area (TPSA) is 106 Å². The van der Waals surface area contributed by atoms with Crippen molar-refractivity contribution in [2.45, 2.75) is 25.9 Å². The molecule has 4 rings (SSSR count). The van der Waals surface area contributed by atoms with Crippen molar-refractivity contribution in [1.82, 2.24) is 20.3 Å². The molecule has 0 aliphatic carbocycles. The molecule has 0 saturated carbocycles. The van der Waals surface area contributed by atoms with Crippen LogP contribution in [0.3, 0.4) is 0 Å². The molecule has 1 atom stereocenters. The van der Waals surface area contributed by atoms with Gasteiger partial charge in [-0.3, -0.25) is 14.4 Å². The summed E-state index contributed by atoms with van der Waals surface area (Å²) in [7, 11) is 0. The van der Waals surface area contributed by atoms with Gasteiger partial charge in [0.05, 0.1) is 18.0 Å². The van der Waals surface area contributed by atoms with E-state index in [9.17, 15) is 18.8 Å². The summed E-state index contributed by atoms with van der Waals surface area (Å²) in [6.07, 6.45) is 0.0725. The van der Waals surface area contributed by atoms with E-state index >= 15 is 0 Å². The summed E-state index contributed by atoms with van der Waals surface area (Å²) >= 11 is 0. The Morgan fingerprint density at radius 2 is 1.71 bits per heavy atom. The molecule has 0 saturated heterocycles. The standard InChI is InChI=1S/C25H22FN5O3/c1-16(17-8-12-20(13-9-17)28-24(33)18-6-10-19(26)11-7-18)27-23(32)14-15-31-25(34)21-4-2-3-5-22(21)29-30-31/h2-13,16H,14-15H2,1H3,(H,27,32)(H,28,33). The second-order valence-corrected chi connectivity index (χ2v) is 7.76. The maximum atomic E-state index is 13.0. The molecule has 4 aromatic rings. The van der Waals surface area contributed by atoms with E-state index in [1.54, 1.807) is 48.5 Å². The van der Waals surface area contributed by atoms with E-state index in [2.05, 4.69) is 20.9 Å². The number of anilines is 1. The maximum Gasteiger partial charge on any atom is 0.277 e. The van der Waals surface area contributed by atoms with Crippen LogP contribution in [-0.4, -0.2) is 26.8 Å². The molecule has 1 aromatic heterocycles. The van der Waals surface area contributed by atoms with Crippen LogP contribution in [0.5, 0.6) is 0 Å². The van der Waals surface area contributed by atoms with E-state index in [1.807, 2.05) is 6.92 Å². The zero-order chi connectivity index (χ0) is 24.1. The van der Waals surface area contributed by atoms with Crippen LogP contribution >= 0.6 is 0 Å². The van der Waals surface area contributed by atoms with Gasteiger partial charge in [0.15, 0.2) is 0 Å². The Morgan fingerprint density at radius 1 is 1.00 bits per heavy atom. The summed E-state index contributed by atoms with van der Waals surface area (Å²) in [5.41, 5.74) is 1.99. The minimum absolute atomic E-state index is 0.0725. The first-order valence-corrected chi connectivity index (χ1v) is 10.7. The summed E-state index contributed by atoms with van der Waals surface area (Å²) < 4.78 is 14.2. The Hall–Kier alpha value is -4.40. The number of halogens is 1. The number of carbonyl (C=O) groups excluding carboxylic acids is 2. The molecular weight excluding hydrogens is 437 g/mol. The molecule has 0 fully saturated rings. The highest BCUT2D eigenvalue weighted by molar-refractivity contribution is 6.04. The Labute approximate surface area is 194 Å². The smallest absolute Gasteiger partial charge is 0.277 e. The van der Waals surface area contributed by atoms with Crippen LogP contribution in [0.2, 0.25) is 0 Å². The highest BCUT2D eigenvalue weighted by Crippen LogP contribution is 2.17. The maximum absolute atomic E-state index is 13.0. The molecule has 1 unspecified atom stereocenters. The summed E-state index contributed by atoms with van der Waals surface area (Å²) in [4.78, 5) is 37.1. The lowest BCUT2D eigenvalue weighted by Gasteiger charge is -2.15. The average Bonchev–Trinajstić information content (AvgIpc) is 2.84. The number of benzene rings is 3. The summed E-state index contributed by atoms with van der Waals surface area (Å²) in [6, 6.07) is 19.0. The predicted molar refractivity (Wildman–Crippen MR) is 126 cm³/mol. The van der Waals surface area contributed by atoms with E-state index in [0.29, 0.717) is 22.2 Å². The molecule has 1 heterocycles. The molecule has 172 valence electrons. The van der Waals surface area contributed by atoms with Gasteiger partial charge in [0.25, 0.3) is 11.5 Å². The molecule has 0 bridgehead atoms. The molecule has 8 nitrogen and oxygen atoms in total. The summed E-state index contributed by atoms with van der Waals surface area (Å²) in [6.45, 7) is 1.95. The third-order valence-electron chi connectivity index (χ3n) is 5.33. The third-order valence-corrected chi connectivity index (χ3v) is 5.33. The van der Waals surface area contributed by atoms with Crippen LogP contribution in [0.4, 0.5) is 10.1 Å². The monoisotopic (exact) mass is 459 g/mol. The van der Waals surface area contributed by atoms with Gasteiger partial charge in [-0.05, 0) is 61.0 Å². The van der Waals surface area contributed by atoms with Gasteiger partial charge in [0.1, 0.15) is 11.3 Å². The van der Waals surface area contributed by atoms with Crippen LogP contribution in [0.25, 0.3) is 10.9 Å². The normalized spacial score (nSPS) is 11.7. The number of rotatable bonds is 7. The van der Waals surface area contributed by atoms with Gasteiger partial charge in [-0.2, -0.15) is 0 Å². The van der Waals surface area contributed by atoms with Crippen molar-refractivity contribution >= 4 is 28.4 Å². The minimum atomic E-state index is -0.408. The van der Waals surface area contributed by atoms with Crippen molar-refractivity contribution < 1.29 is 14.0 Å². The summed E-state index contributed by atoms with van der Waals surface area (Å²) in [5, 5.41) is 14.0. The third kappa shape index (κ3) is 5.32. The lowest BCUT2D eigenvalue weighted by atomic mass is 10.1. The lowest BCUT2D eigenvalue weighted by molar-refractivity contribution is -0.122. The number of aromatic nitrogens is 3. The molecule has 0 aliphatic rings. The van der Waals surface area contributed by atoms with Gasteiger partial charge in [0, 0.05) is 17.7 Å². The van der Waals surface area contributed by atoms with Crippen molar-refractivity contribution in [3.05, 3.63) is 100 Å². The zero-order valence-electron chi connectivity index (χ0n) is 18.4. The van der Waals surface area contributed by atoms with Crippen LogP contribution in [-0.2, 0) is 11.3 Å². The summed E-state index contributed by atoms with van der Waals surface area (Å²) in [5.74, 6) is -0.988. The largest absolute Gasteiger partial charge is 0.350 e. The lowest BCUT2D eigenvalue weighted by Crippen LogP contribution is -2.30. The van der Waals surface area contributed by atoms with E-state index < -0.39 is 5.82 Å². The number of carbonyl (C=O) groups is 2. The molecule has 2 amide bonds. The van der Waals surface area contributed by atoms with E-state index in [4.69, 9.17) is 0 Å². The molecule has 2 N–H and O–H groups in total. The highest BCUT2D eigenvalue weighted by Gasteiger charge is 2.12. The number of hydrogen-bond acceptors (Lipinski definition) is 5. The Bertz CT molecular complexity index is 1380. The second kappa shape index (κ2) is 10.0. The highest BCUT2D eigenvalue weighted by atomic mass is 19.1. The Balaban J connectivity index is 1.31. The molecule has 3 aromatic carbocycles. The van der Waals surface area contributed by atoms with Gasteiger partial charge in [-0.25, -0.2) is 9.07 Å². The molecule has 0 aliphatic heterocycles. The fourth-order valence-corrected chi connectivity index (χ4v) is 3.43. The van der Waals surface area contributed by atoms with Crippen LogP contribution in [0, 0.1) is 5.82 Å². The van der Waals surface area contributed by atoms with Gasteiger partial charge < -0.3 is 10.6 Å². The molecule has 0 spiro atoms. The van der Waals surface area contributed by atoms with Gasteiger partial charge >= 0.3 is 0 Å². The Morgan fingerprint density at radius 3 is 2.44 bits per heavy atom. The fraction of sp³-hybridized carbons (Fsp3) is 0.160. The number of nitrogens with one attached hydrogen (secondary N) is 2. The van der Waals surface area contributed by atoms with Crippen LogP contribution < -0.4 is 16.2 Å². The number of hydrogen-bond donors (Lipinski definition) is 2. The van der Waals surface area contributed by atoms with E-state index in [1.165, 1.54) is 28.9 Å².